The lowest BCUT2D eigenvalue weighted by molar-refractivity contribution is -0.119. The molecule has 1 atom stereocenters. The van der Waals surface area contributed by atoms with Gasteiger partial charge in [0, 0.05) is 11.1 Å². The van der Waals surface area contributed by atoms with Crippen LogP contribution < -0.4 is 14.8 Å². The third-order valence-electron chi connectivity index (χ3n) is 4.39. The highest BCUT2D eigenvalue weighted by Gasteiger charge is 2.17. The predicted octanol–water partition coefficient (Wildman–Crippen LogP) is 4.03. The van der Waals surface area contributed by atoms with E-state index in [4.69, 9.17) is 13.9 Å². The monoisotopic (exact) mass is 413 g/mol. The van der Waals surface area contributed by atoms with Gasteiger partial charge in [-0.3, -0.25) is 4.79 Å². The number of aromatic nitrogens is 2. The first-order chi connectivity index (χ1) is 14.0. The molecule has 0 saturated heterocycles. The molecule has 2 aromatic carbocycles. The second kappa shape index (κ2) is 9.47. The molecule has 1 aromatic heterocycles. The van der Waals surface area contributed by atoms with Crippen LogP contribution in [-0.2, 0) is 4.79 Å². The Morgan fingerprint density at radius 3 is 2.69 bits per heavy atom. The van der Waals surface area contributed by atoms with Crippen LogP contribution in [-0.4, -0.2) is 36.1 Å². The molecule has 0 spiro atoms. The number of hydrogen-bond acceptors (Lipinski definition) is 7. The molecule has 3 aromatic rings. The maximum absolute atomic E-state index is 12.4. The second-order valence-corrected chi connectivity index (χ2v) is 7.30. The molecule has 1 heterocycles. The van der Waals surface area contributed by atoms with Crippen LogP contribution in [0.1, 0.15) is 24.1 Å². The number of hydrogen-bond donors (Lipinski definition) is 1. The first-order valence-corrected chi connectivity index (χ1v) is 10.0. The van der Waals surface area contributed by atoms with E-state index < -0.39 is 0 Å². The van der Waals surface area contributed by atoms with Gasteiger partial charge in [0.1, 0.15) is 11.5 Å². The molecule has 1 N–H and O–H groups in total. The zero-order valence-electron chi connectivity index (χ0n) is 16.8. The van der Waals surface area contributed by atoms with Crippen LogP contribution in [0.2, 0.25) is 0 Å². The summed E-state index contributed by atoms with van der Waals surface area (Å²) in [5.41, 5.74) is 2.77. The Balaban J connectivity index is 1.60. The highest BCUT2D eigenvalue weighted by molar-refractivity contribution is 7.99. The van der Waals surface area contributed by atoms with Crippen LogP contribution in [0.5, 0.6) is 11.5 Å². The van der Waals surface area contributed by atoms with Gasteiger partial charge >= 0.3 is 0 Å². The number of methoxy groups -OCH3 is 2. The van der Waals surface area contributed by atoms with Crippen molar-refractivity contribution in [3.63, 3.8) is 0 Å². The van der Waals surface area contributed by atoms with Gasteiger partial charge < -0.3 is 19.2 Å². The number of amides is 1. The van der Waals surface area contributed by atoms with Gasteiger partial charge in [-0.05, 0) is 43.7 Å². The highest BCUT2D eigenvalue weighted by Crippen LogP contribution is 2.29. The average molecular weight is 413 g/mol. The fourth-order valence-electron chi connectivity index (χ4n) is 2.86. The summed E-state index contributed by atoms with van der Waals surface area (Å²) in [6, 6.07) is 13.0. The summed E-state index contributed by atoms with van der Waals surface area (Å²) < 4.78 is 16.3. The summed E-state index contributed by atoms with van der Waals surface area (Å²) in [5.74, 6) is 1.84. The summed E-state index contributed by atoms with van der Waals surface area (Å²) in [5, 5.41) is 11.4. The van der Waals surface area contributed by atoms with E-state index >= 15 is 0 Å². The van der Waals surface area contributed by atoms with Crippen LogP contribution in [0.25, 0.3) is 11.5 Å². The Labute approximate surface area is 173 Å². The van der Waals surface area contributed by atoms with Gasteiger partial charge in [0.2, 0.25) is 11.8 Å². The SMILES string of the molecule is COc1ccc(OC)c([C@@H](C)NC(=O)CSc2nnc(-c3ccccc3C)o2)c1. The minimum Gasteiger partial charge on any atom is -0.497 e. The van der Waals surface area contributed by atoms with Gasteiger partial charge in [-0.25, -0.2) is 0 Å². The van der Waals surface area contributed by atoms with Crippen molar-refractivity contribution >= 4 is 17.7 Å². The maximum atomic E-state index is 12.4. The molecule has 0 aliphatic carbocycles. The lowest BCUT2D eigenvalue weighted by Gasteiger charge is -2.18. The van der Waals surface area contributed by atoms with Gasteiger partial charge in [0.25, 0.3) is 5.22 Å². The van der Waals surface area contributed by atoms with Crippen LogP contribution in [0, 0.1) is 6.92 Å². The molecular formula is C21H23N3O4S. The van der Waals surface area contributed by atoms with Crippen LogP contribution in [0.3, 0.4) is 0 Å². The molecule has 0 fully saturated rings. The Hall–Kier alpha value is -3.00. The summed E-state index contributed by atoms with van der Waals surface area (Å²) in [6.45, 7) is 3.87. The number of carbonyl (C=O) groups is 1. The number of nitrogens with zero attached hydrogens (tertiary/aromatic N) is 2. The molecule has 29 heavy (non-hydrogen) atoms. The molecule has 0 bridgehead atoms. The molecule has 0 saturated carbocycles. The van der Waals surface area contributed by atoms with E-state index in [1.165, 1.54) is 11.8 Å². The van der Waals surface area contributed by atoms with E-state index in [1.807, 2.05) is 56.3 Å². The number of nitrogens with one attached hydrogen (secondary N) is 1. The lowest BCUT2D eigenvalue weighted by atomic mass is 10.1. The van der Waals surface area contributed by atoms with Crippen LogP contribution in [0.15, 0.2) is 52.1 Å². The lowest BCUT2D eigenvalue weighted by Crippen LogP contribution is -2.28. The predicted molar refractivity (Wildman–Crippen MR) is 111 cm³/mol. The first kappa shape index (κ1) is 20.7. The van der Waals surface area contributed by atoms with Crippen molar-refractivity contribution in [2.75, 3.05) is 20.0 Å². The third-order valence-corrected chi connectivity index (χ3v) is 5.21. The highest BCUT2D eigenvalue weighted by atomic mass is 32.2. The number of ether oxygens (including phenoxy) is 2. The molecular weight excluding hydrogens is 390 g/mol. The van der Waals surface area contributed by atoms with E-state index in [0.29, 0.717) is 22.6 Å². The van der Waals surface area contributed by atoms with E-state index in [0.717, 1.165) is 16.7 Å². The minimum atomic E-state index is -0.252. The maximum Gasteiger partial charge on any atom is 0.277 e. The van der Waals surface area contributed by atoms with E-state index in [9.17, 15) is 4.79 Å². The van der Waals surface area contributed by atoms with E-state index in [1.54, 1.807) is 14.2 Å². The normalized spacial score (nSPS) is 11.7. The molecule has 7 nitrogen and oxygen atoms in total. The summed E-state index contributed by atoms with van der Waals surface area (Å²) in [4.78, 5) is 12.4. The van der Waals surface area contributed by atoms with Gasteiger partial charge in [-0.2, -0.15) is 0 Å². The third kappa shape index (κ3) is 5.08. The topological polar surface area (TPSA) is 86.5 Å². The summed E-state index contributed by atoms with van der Waals surface area (Å²) >= 11 is 1.20. The quantitative estimate of drug-likeness (QED) is 0.558. The van der Waals surface area contributed by atoms with Crippen molar-refractivity contribution in [3.05, 3.63) is 53.6 Å². The van der Waals surface area contributed by atoms with Gasteiger partial charge in [-0.15, -0.1) is 10.2 Å². The van der Waals surface area contributed by atoms with Gasteiger partial charge in [0.05, 0.1) is 26.0 Å². The molecule has 1 amide bonds. The van der Waals surface area contributed by atoms with Crippen LogP contribution >= 0.6 is 11.8 Å². The fourth-order valence-corrected chi connectivity index (χ4v) is 3.43. The van der Waals surface area contributed by atoms with Crippen LogP contribution in [0.4, 0.5) is 0 Å². The zero-order chi connectivity index (χ0) is 20.8. The molecule has 152 valence electrons. The summed E-state index contributed by atoms with van der Waals surface area (Å²) in [6.07, 6.45) is 0. The number of thioether (sulfide) groups is 1. The number of aryl methyl sites for hydroxylation is 1. The Kier molecular flexibility index (Phi) is 6.77. The summed E-state index contributed by atoms with van der Waals surface area (Å²) in [7, 11) is 3.19. The first-order valence-electron chi connectivity index (χ1n) is 9.05. The largest absolute Gasteiger partial charge is 0.497 e. The van der Waals surface area contributed by atoms with Crippen molar-refractivity contribution in [1.29, 1.82) is 0 Å². The van der Waals surface area contributed by atoms with Crippen molar-refractivity contribution in [2.45, 2.75) is 25.1 Å². The zero-order valence-corrected chi connectivity index (χ0v) is 17.6. The Bertz CT molecular complexity index is 990. The van der Waals surface area contributed by atoms with Gasteiger partial charge in [0.15, 0.2) is 0 Å². The van der Waals surface area contributed by atoms with E-state index in [-0.39, 0.29) is 17.7 Å². The molecule has 0 aliphatic heterocycles. The molecule has 3 rings (SSSR count). The number of rotatable bonds is 8. The second-order valence-electron chi connectivity index (χ2n) is 6.37. The number of benzene rings is 2. The van der Waals surface area contributed by atoms with E-state index in [2.05, 4.69) is 15.5 Å². The molecule has 8 heteroatoms. The average Bonchev–Trinajstić information content (AvgIpc) is 3.20. The fraction of sp³-hybridized carbons (Fsp3) is 0.286. The standard InChI is InChI=1S/C21H23N3O4S/c1-13-7-5-6-8-16(13)20-23-24-21(28-20)29-12-19(25)22-14(2)17-11-15(26-3)9-10-18(17)27-4/h5-11,14H,12H2,1-4H3,(H,22,25)/t14-/m1/s1. The van der Waals surface area contributed by atoms with Crippen molar-refractivity contribution in [3.8, 4) is 23.0 Å². The Morgan fingerprint density at radius 2 is 1.97 bits per heavy atom. The molecule has 0 radical (unpaired) electrons. The van der Waals surface area contributed by atoms with Crippen molar-refractivity contribution in [1.82, 2.24) is 15.5 Å². The van der Waals surface area contributed by atoms with Crippen molar-refractivity contribution < 1.29 is 18.7 Å². The molecule has 0 unspecified atom stereocenters. The minimum absolute atomic E-state index is 0.150. The Morgan fingerprint density at radius 1 is 1.17 bits per heavy atom. The smallest absolute Gasteiger partial charge is 0.277 e. The number of carbonyl (C=O) groups excluding carboxylic acids is 1. The van der Waals surface area contributed by atoms with Gasteiger partial charge in [-0.1, -0.05) is 30.0 Å². The molecule has 0 aliphatic rings. The van der Waals surface area contributed by atoms with Crippen molar-refractivity contribution in [2.24, 2.45) is 0 Å².